The normalized spacial score (nSPS) is 27.5. The van der Waals surface area contributed by atoms with Crippen molar-refractivity contribution in [2.45, 2.75) is 63.1 Å². The Morgan fingerprint density at radius 1 is 1.37 bits per heavy atom. The summed E-state index contributed by atoms with van der Waals surface area (Å²) in [7, 11) is 0. The van der Waals surface area contributed by atoms with Crippen molar-refractivity contribution in [3.63, 3.8) is 0 Å². The third kappa shape index (κ3) is 2.98. The molecule has 1 aromatic heterocycles. The van der Waals surface area contributed by atoms with E-state index in [2.05, 4.69) is 29.4 Å². The standard InChI is InChI=1S/C16H24N2O/c1-13(15-6-2-5-10-17-15)18-14-7-11-19-16(12-14)8-3-4-9-16/h2,5-6,10,13-14,18H,3-4,7-9,11-12H2,1H3. The Kier molecular flexibility index (Phi) is 3.85. The van der Waals surface area contributed by atoms with Gasteiger partial charge in [-0.25, -0.2) is 0 Å². The maximum absolute atomic E-state index is 6.09. The molecule has 0 radical (unpaired) electrons. The second kappa shape index (κ2) is 5.59. The lowest BCUT2D eigenvalue weighted by Crippen LogP contribution is -2.46. The molecular formula is C16H24N2O. The van der Waals surface area contributed by atoms with Crippen LogP contribution in [-0.2, 0) is 4.74 Å². The number of ether oxygens (including phenoxy) is 1. The predicted molar refractivity (Wildman–Crippen MR) is 76.0 cm³/mol. The SMILES string of the molecule is CC(NC1CCOC2(CCCC2)C1)c1ccccn1. The molecule has 2 fully saturated rings. The van der Waals surface area contributed by atoms with Gasteiger partial charge in [0, 0.05) is 24.9 Å². The monoisotopic (exact) mass is 260 g/mol. The van der Waals surface area contributed by atoms with E-state index in [1.807, 2.05) is 12.3 Å². The van der Waals surface area contributed by atoms with Crippen molar-refractivity contribution in [3.05, 3.63) is 30.1 Å². The lowest BCUT2D eigenvalue weighted by molar-refractivity contribution is -0.0846. The number of rotatable bonds is 3. The van der Waals surface area contributed by atoms with E-state index in [0.717, 1.165) is 18.7 Å². The molecule has 2 atom stereocenters. The number of pyridine rings is 1. The first-order valence-electron chi connectivity index (χ1n) is 7.58. The van der Waals surface area contributed by atoms with Crippen LogP contribution >= 0.6 is 0 Å². The topological polar surface area (TPSA) is 34.1 Å². The first-order valence-corrected chi connectivity index (χ1v) is 7.58. The predicted octanol–water partition coefficient (Wildman–Crippen LogP) is 3.22. The highest BCUT2D eigenvalue weighted by Crippen LogP contribution is 2.40. The molecule has 2 heterocycles. The maximum atomic E-state index is 6.09. The van der Waals surface area contributed by atoms with E-state index in [9.17, 15) is 0 Å². The van der Waals surface area contributed by atoms with Gasteiger partial charge in [-0.1, -0.05) is 18.9 Å². The smallest absolute Gasteiger partial charge is 0.0697 e. The van der Waals surface area contributed by atoms with Crippen molar-refractivity contribution in [2.24, 2.45) is 0 Å². The Bertz CT molecular complexity index is 400. The van der Waals surface area contributed by atoms with Crippen LogP contribution in [0, 0.1) is 0 Å². The molecule has 104 valence electrons. The van der Waals surface area contributed by atoms with Crippen molar-refractivity contribution < 1.29 is 4.74 Å². The third-order valence-corrected chi connectivity index (χ3v) is 4.62. The van der Waals surface area contributed by atoms with Gasteiger partial charge in [0.05, 0.1) is 11.3 Å². The summed E-state index contributed by atoms with van der Waals surface area (Å²) in [5.74, 6) is 0. The lowest BCUT2D eigenvalue weighted by Gasteiger charge is -2.39. The summed E-state index contributed by atoms with van der Waals surface area (Å²) < 4.78 is 6.09. The largest absolute Gasteiger partial charge is 0.375 e. The number of nitrogens with one attached hydrogen (secondary N) is 1. The summed E-state index contributed by atoms with van der Waals surface area (Å²) in [4.78, 5) is 4.44. The minimum Gasteiger partial charge on any atom is -0.375 e. The van der Waals surface area contributed by atoms with Gasteiger partial charge >= 0.3 is 0 Å². The Labute approximate surface area is 115 Å². The van der Waals surface area contributed by atoms with E-state index in [1.54, 1.807) is 0 Å². The van der Waals surface area contributed by atoms with Crippen LogP contribution in [0.1, 0.15) is 57.2 Å². The van der Waals surface area contributed by atoms with Crippen LogP contribution in [0.5, 0.6) is 0 Å². The molecule has 19 heavy (non-hydrogen) atoms. The Morgan fingerprint density at radius 3 is 2.95 bits per heavy atom. The van der Waals surface area contributed by atoms with Gasteiger partial charge in [-0.15, -0.1) is 0 Å². The molecule has 0 bridgehead atoms. The molecule has 1 aliphatic heterocycles. The van der Waals surface area contributed by atoms with Crippen LogP contribution in [0.25, 0.3) is 0 Å². The van der Waals surface area contributed by atoms with Crippen molar-refractivity contribution in [3.8, 4) is 0 Å². The van der Waals surface area contributed by atoms with Gasteiger partial charge in [0.25, 0.3) is 0 Å². The van der Waals surface area contributed by atoms with E-state index in [0.29, 0.717) is 12.1 Å². The summed E-state index contributed by atoms with van der Waals surface area (Å²) in [6.45, 7) is 3.12. The molecule has 0 aromatic carbocycles. The summed E-state index contributed by atoms with van der Waals surface area (Å²) in [5.41, 5.74) is 1.33. The highest BCUT2D eigenvalue weighted by molar-refractivity contribution is 5.08. The van der Waals surface area contributed by atoms with Gasteiger partial charge < -0.3 is 10.1 Å². The minimum absolute atomic E-state index is 0.194. The Morgan fingerprint density at radius 2 is 2.21 bits per heavy atom. The summed E-state index contributed by atoms with van der Waals surface area (Å²) in [5, 5.41) is 3.74. The molecule has 1 N–H and O–H groups in total. The fourth-order valence-electron chi connectivity index (χ4n) is 3.61. The second-order valence-corrected chi connectivity index (χ2v) is 6.07. The van der Waals surface area contributed by atoms with Crippen LogP contribution in [0.3, 0.4) is 0 Å². The summed E-state index contributed by atoms with van der Waals surface area (Å²) in [6, 6.07) is 7.02. The van der Waals surface area contributed by atoms with Crippen LogP contribution < -0.4 is 5.32 Å². The van der Waals surface area contributed by atoms with Gasteiger partial charge in [0.1, 0.15) is 0 Å². The molecule has 0 amide bonds. The first kappa shape index (κ1) is 13.1. The van der Waals surface area contributed by atoms with Gasteiger partial charge in [-0.05, 0) is 44.7 Å². The van der Waals surface area contributed by atoms with Crippen molar-refractivity contribution in [1.29, 1.82) is 0 Å². The number of hydrogen-bond donors (Lipinski definition) is 1. The fourth-order valence-corrected chi connectivity index (χ4v) is 3.61. The zero-order valence-corrected chi connectivity index (χ0v) is 11.8. The minimum atomic E-state index is 0.194. The van der Waals surface area contributed by atoms with Gasteiger partial charge in [0.2, 0.25) is 0 Å². The van der Waals surface area contributed by atoms with E-state index in [4.69, 9.17) is 4.74 Å². The Hall–Kier alpha value is -0.930. The van der Waals surface area contributed by atoms with Crippen LogP contribution in [-0.4, -0.2) is 23.2 Å². The highest BCUT2D eigenvalue weighted by Gasteiger charge is 2.40. The van der Waals surface area contributed by atoms with Crippen molar-refractivity contribution >= 4 is 0 Å². The van der Waals surface area contributed by atoms with E-state index < -0.39 is 0 Å². The maximum Gasteiger partial charge on any atom is 0.0697 e. The number of hydrogen-bond acceptors (Lipinski definition) is 3. The number of nitrogens with zero attached hydrogens (tertiary/aromatic N) is 1. The third-order valence-electron chi connectivity index (χ3n) is 4.62. The summed E-state index contributed by atoms with van der Waals surface area (Å²) >= 11 is 0. The van der Waals surface area contributed by atoms with E-state index in [-0.39, 0.29) is 5.60 Å². The molecule has 3 heteroatoms. The van der Waals surface area contributed by atoms with Gasteiger partial charge in [-0.3, -0.25) is 4.98 Å². The average molecular weight is 260 g/mol. The molecule has 1 aliphatic carbocycles. The molecule has 1 saturated heterocycles. The fraction of sp³-hybridized carbons (Fsp3) is 0.688. The number of aromatic nitrogens is 1. The molecule has 3 nitrogen and oxygen atoms in total. The van der Waals surface area contributed by atoms with Crippen LogP contribution in [0.15, 0.2) is 24.4 Å². The average Bonchev–Trinajstić information content (AvgIpc) is 2.88. The highest BCUT2D eigenvalue weighted by atomic mass is 16.5. The van der Waals surface area contributed by atoms with Gasteiger partial charge in [-0.2, -0.15) is 0 Å². The van der Waals surface area contributed by atoms with Crippen molar-refractivity contribution in [1.82, 2.24) is 10.3 Å². The quantitative estimate of drug-likeness (QED) is 0.906. The first-order chi connectivity index (χ1) is 9.27. The van der Waals surface area contributed by atoms with Crippen molar-refractivity contribution in [2.75, 3.05) is 6.61 Å². The van der Waals surface area contributed by atoms with Gasteiger partial charge in [0.15, 0.2) is 0 Å². The van der Waals surface area contributed by atoms with Crippen LogP contribution in [0.2, 0.25) is 0 Å². The second-order valence-electron chi connectivity index (χ2n) is 6.07. The van der Waals surface area contributed by atoms with E-state index in [1.165, 1.54) is 32.1 Å². The molecule has 2 unspecified atom stereocenters. The lowest BCUT2D eigenvalue weighted by atomic mass is 9.88. The van der Waals surface area contributed by atoms with E-state index >= 15 is 0 Å². The molecule has 1 aromatic rings. The zero-order chi connectivity index (χ0) is 13.1. The van der Waals surface area contributed by atoms with Crippen LogP contribution in [0.4, 0.5) is 0 Å². The molecule has 1 spiro atoms. The summed E-state index contributed by atoms with van der Waals surface area (Å²) in [6.07, 6.45) is 9.34. The zero-order valence-electron chi connectivity index (χ0n) is 11.8. The molecule has 1 saturated carbocycles. The Balaban J connectivity index is 1.60. The molecule has 2 aliphatic rings. The molecular weight excluding hydrogens is 236 g/mol. The molecule has 3 rings (SSSR count).